The highest BCUT2D eigenvalue weighted by Gasteiger charge is 2.12. The number of nitrogens with one attached hydrogen (secondary N) is 1. The minimum atomic E-state index is 0.618. The van der Waals surface area contributed by atoms with E-state index in [-0.39, 0.29) is 0 Å². The zero-order valence-electron chi connectivity index (χ0n) is 15.2. The molecule has 0 saturated carbocycles. The van der Waals surface area contributed by atoms with Crippen LogP contribution < -0.4 is 5.32 Å². The van der Waals surface area contributed by atoms with Gasteiger partial charge in [-0.25, -0.2) is 4.98 Å². The Morgan fingerprint density at radius 1 is 1.00 bits per heavy atom. The molecule has 4 aromatic rings. The fraction of sp³-hybridized carbons (Fsp3) is 0.227. The molecule has 0 aliphatic rings. The van der Waals surface area contributed by atoms with Crippen LogP contribution in [0, 0.1) is 6.92 Å². The van der Waals surface area contributed by atoms with Crippen molar-refractivity contribution >= 4 is 17.0 Å². The van der Waals surface area contributed by atoms with Crippen molar-refractivity contribution in [3.63, 3.8) is 0 Å². The first kappa shape index (κ1) is 16.5. The maximum Gasteiger partial charge on any atom is 0.204 e. The van der Waals surface area contributed by atoms with Crippen molar-refractivity contribution in [3.8, 4) is 0 Å². The van der Waals surface area contributed by atoms with E-state index in [0.29, 0.717) is 6.54 Å². The minimum Gasteiger partial charge on any atom is -0.465 e. The Balaban J connectivity index is 1.70. The number of hydrogen-bond donors (Lipinski definition) is 1. The normalized spacial score (nSPS) is 11.2. The Morgan fingerprint density at radius 2 is 1.85 bits per heavy atom. The number of anilines is 1. The van der Waals surface area contributed by atoms with Crippen molar-refractivity contribution in [3.05, 3.63) is 83.3 Å². The molecule has 2 aromatic carbocycles. The number of aryl methyl sites for hydroxylation is 2. The second-order valence-electron chi connectivity index (χ2n) is 6.55. The fourth-order valence-electron chi connectivity index (χ4n) is 3.20. The molecule has 1 N–H and O–H groups in total. The predicted octanol–water partition coefficient (Wildman–Crippen LogP) is 5.16. The van der Waals surface area contributed by atoms with Crippen LogP contribution in [0.25, 0.3) is 11.0 Å². The van der Waals surface area contributed by atoms with Crippen LogP contribution in [0.1, 0.15) is 29.6 Å². The van der Waals surface area contributed by atoms with Crippen molar-refractivity contribution < 1.29 is 4.42 Å². The molecule has 0 aliphatic carbocycles. The van der Waals surface area contributed by atoms with Gasteiger partial charge in [0.2, 0.25) is 5.95 Å². The SMILES string of the molecule is CCc1ccc2c(c1)nc(NCc1ccc(C)o1)n2Cc1ccccc1. The lowest BCUT2D eigenvalue weighted by atomic mass is 10.1. The van der Waals surface area contributed by atoms with E-state index < -0.39 is 0 Å². The molecule has 132 valence electrons. The van der Waals surface area contributed by atoms with Crippen molar-refractivity contribution in [2.45, 2.75) is 33.4 Å². The molecule has 0 aliphatic heterocycles. The highest BCUT2D eigenvalue weighted by atomic mass is 16.3. The molecule has 4 nitrogen and oxygen atoms in total. The van der Waals surface area contributed by atoms with E-state index in [2.05, 4.69) is 59.3 Å². The Hall–Kier alpha value is -3.01. The number of fused-ring (bicyclic) bond motifs is 1. The smallest absolute Gasteiger partial charge is 0.204 e. The molecule has 0 radical (unpaired) electrons. The summed E-state index contributed by atoms with van der Waals surface area (Å²) in [6.45, 7) is 5.52. The number of nitrogens with zero attached hydrogens (tertiary/aromatic N) is 2. The van der Waals surface area contributed by atoms with Gasteiger partial charge in [0.1, 0.15) is 11.5 Å². The number of furan rings is 1. The van der Waals surface area contributed by atoms with Crippen LogP contribution >= 0.6 is 0 Å². The standard InChI is InChI=1S/C22H23N3O/c1-3-17-10-12-21-20(13-17)24-22(23-14-19-11-9-16(2)26-19)25(21)15-18-7-5-4-6-8-18/h4-13H,3,14-15H2,1-2H3,(H,23,24). The second-order valence-corrected chi connectivity index (χ2v) is 6.55. The van der Waals surface area contributed by atoms with Gasteiger partial charge in [0.25, 0.3) is 0 Å². The van der Waals surface area contributed by atoms with Gasteiger partial charge >= 0.3 is 0 Å². The number of rotatable bonds is 6. The Morgan fingerprint density at radius 3 is 2.58 bits per heavy atom. The van der Waals surface area contributed by atoms with E-state index in [1.807, 2.05) is 25.1 Å². The summed E-state index contributed by atoms with van der Waals surface area (Å²) >= 11 is 0. The van der Waals surface area contributed by atoms with E-state index in [0.717, 1.165) is 41.5 Å². The quantitative estimate of drug-likeness (QED) is 0.525. The van der Waals surface area contributed by atoms with Crippen LogP contribution in [0.15, 0.2) is 65.1 Å². The number of hydrogen-bond acceptors (Lipinski definition) is 3. The average Bonchev–Trinajstić information content (AvgIpc) is 3.24. The Kier molecular flexibility index (Phi) is 4.48. The van der Waals surface area contributed by atoms with Crippen LogP contribution in [-0.2, 0) is 19.5 Å². The molecule has 0 spiro atoms. The first-order valence-corrected chi connectivity index (χ1v) is 9.05. The third kappa shape index (κ3) is 3.36. The molecule has 0 fully saturated rings. The number of aromatic nitrogens is 2. The van der Waals surface area contributed by atoms with Crippen LogP contribution in [0.3, 0.4) is 0 Å². The van der Waals surface area contributed by atoms with E-state index in [1.165, 1.54) is 11.1 Å². The highest BCUT2D eigenvalue weighted by Crippen LogP contribution is 2.23. The lowest BCUT2D eigenvalue weighted by Gasteiger charge is -2.10. The summed E-state index contributed by atoms with van der Waals surface area (Å²) in [5, 5.41) is 3.45. The second kappa shape index (κ2) is 7.08. The summed E-state index contributed by atoms with van der Waals surface area (Å²) in [5.74, 6) is 2.70. The van der Waals surface area contributed by atoms with Crippen molar-refractivity contribution in [2.75, 3.05) is 5.32 Å². The van der Waals surface area contributed by atoms with Gasteiger partial charge in [0, 0.05) is 0 Å². The molecule has 0 unspecified atom stereocenters. The first-order valence-electron chi connectivity index (χ1n) is 9.05. The molecule has 0 saturated heterocycles. The summed E-state index contributed by atoms with van der Waals surface area (Å²) in [4.78, 5) is 4.85. The highest BCUT2D eigenvalue weighted by molar-refractivity contribution is 5.79. The van der Waals surface area contributed by atoms with Gasteiger partial charge in [0.05, 0.1) is 24.1 Å². The lowest BCUT2D eigenvalue weighted by Crippen LogP contribution is -2.08. The van der Waals surface area contributed by atoms with Crippen LogP contribution in [0.5, 0.6) is 0 Å². The molecule has 0 atom stereocenters. The van der Waals surface area contributed by atoms with Gasteiger partial charge in [0.15, 0.2) is 0 Å². The van der Waals surface area contributed by atoms with Gasteiger partial charge < -0.3 is 14.3 Å². The monoisotopic (exact) mass is 345 g/mol. The molecule has 0 bridgehead atoms. The summed E-state index contributed by atoms with van der Waals surface area (Å²) in [6.07, 6.45) is 1.01. The lowest BCUT2D eigenvalue weighted by molar-refractivity contribution is 0.490. The van der Waals surface area contributed by atoms with E-state index >= 15 is 0 Å². The van der Waals surface area contributed by atoms with Gasteiger partial charge in [-0.05, 0) is 48.7 Å². The van der Waals surface area contributed by atoms with Crippen LogP contribution in [0.2, 0.25) is 0 Å². The minimum absolute atomic E-state index is 0.618. The largest absolute Gasteiger partial charge is 0.465 e. The topological polar surface area (TPSA) is 43.0 Å². The maximum absolute atomic E-state index is 5.67. The molecular weight excluding hydrogens is 322 g/mol. The van der Waals surface area contributed by atoms with E-state index in [1.54, 1.807) is 0 Å². The zero-order chi connectivity index (χ0) is 17.9. The van der Waals surface area contributed by atoms with E-state index in [4.69, 9.17) is 9.40 Å². The molecule has 2 heterocycles. The number of benzene rings is 2. The first-order chi connectivity index (χ1) is 12.7. The zero-order valence-corrected chi connectivity index (χ0v) is 15.2. The predicted molar refractivity (Wildman–Crippen MR) is 105 cm³/mol. The fourth-order valence-corrected chi connectivity index (χ4v) is 3.20. The third-order valence-corrected chi connectivity index (χ3v) is 4.62. The molecule has 26 heavy (non-hydrogen) atoms. The van der Waals surface area contributed by atoms with E-state index in [9.17, 15) is 0 Å². The summed E-state index contributed by atoms with van der Waals surface area (Å²) in [7, 11) is 0. The molecule has 4 rings (SSSR count). The maximum atomic E-state index is 5.67. The van der Waals surface area contributed by atoms with Crippen LogP contribution in [0.4, 0.5) is 5.95 Å². The molecular formula is C22H23N3O. The summed E-state index contributed by atoms with van der Waals surface area (Å²) in [5.41, 5.74) is 4.72. The number of imidazole rings is 1. The molecule has 4 heteroatoms. The van der Waals surface area contributed by atoms with Crippen molar-refractivity contribution in [1.29, 1.82) is 0 Å². The molecule has 2 aromatic heterocycles. The van der Waals surface area contributed by atoms with Crippen molar-refractivity contribution in [1.82, 2.24) is 9.55 Å². The molecule has 0 amide bonds. The van der Waals surface area contributed by atoms with Crippen LogP contribution in [-0.4, -0.2) is 9.55 Å². The van der Waals surface area contributed by atoms with Gasteiger partial charge in [-0.2, -0.15) is 0 Å². The Bertz CT molecular complexity index is 1010. The Labute approximate surface area is 153 Å². The third-order valence-electron chi connectivity index (χ3n) is 4.62. The summed E-state index contributed by atoms with van der Waals surface area (Å²) < 4.78 is 7.91. The van der Waals surface area contributed by atoms with Crippen molar-refractivity contribution in [2.24, 2.45) is 0 Å². The summed E-state index contributed by atoms with van der Waals surface area (Å²) in [6, 6.07) is 21.0. The average molecular weight is 345 g/mol. The van der Waals surface area contributed by atoms with Gasteiger partial charge in [-0.1, -0.05) is 43.3 Å². The van der Waals surface area contributed by atoms with Gasteiger partial charge in [-0.15, -0.1) is 0 Å². The van der Waals surface area contributed by atoms with Gasteiger partial charge in [-0.3, -0.25) is 0 Å².